The van der Waals surface area contributed by atoms with Crippen molar-refractivity contribution in [1.82, 2.24) is 9.36 Å². The van der Waals surface area contributed by atoms with Crippen molar-refractivity contribution in [2.45, 2.75) is 57.2 Å². The van der Waals surface area contributed by atoms with Gasteiger partial charge in [0.2, 0.25) is 5.13 Å². The molecule has 0 radical (unpaired) electrons. The summed E-state index contributed by atoms with van der Waals surface area (Å²) in [6, 6.07) is 0.360. The Morgan fingerprint density at radius 1 is 1.42 bits per heavy atom. The maximum Gasteiger partial charge on any atom is 0.202 e. The summed E-state index contributed by atoms with van der Waals surface area (Å²) in [4.78, 5) is 4.56. The van der Waals surface area contributed by atoms with Gasteiger partial charge in [0.25, 0.3) is 0 Å². The standard InChI is InChI=1S/C13H22N4OS/c1-13(2,3)11-16-12(19-17-11)15-9-8(14)7-5-4-6-18-10(7)9/h7-10H,4-6,14H2,1-3H3,(H,15,16,17). The molecule has 3 rings (SSSR count). The number of aromatic nitrogens is 2. The third-order valence-electron chi connectivity index (χ3n) is 4.06. The molecule has 3 N–H and O–H groups in total. The molecule has 4 unspecified atom stereocenters. The maximum absolute atomic E-state index is 6.23. The summed E-state index contributed by atoms with van der Waals surface area (Å²) in [6.07, 6.45) is 2.58. The first-order valence-electron chi connectivity index (χ1n) is 6.95. The summed E-state index contributed by atoms with van der Waals surface area (Å²) in [7, 11) is 0. The molecule has 4 atom stereocenters. The quantitative estimate of drug-likeness (QED) is 0.864. The van der Waals surface area contributed by atoms with Crippen LogP contribution in [0.25, 0.3) is 0 Å². The van der Waals surface area contributed by atoms with Gasteiger partial charge in [0.15, 0.2) is 0 Å². The van der Waals surface area contributed by atoms with Crippen LogP contribution in [0.3, 0.4) is 0 Å². The largest absolute Gasteiger partial charge is 0.376 e. The molecule has 6 heteroatoms. The molecular formula is C13H22N4OS. The molecule has 1 aliphatic carbocycles. The van der Waals surface area contributed by atoms with Gasteiger partial charge in [-0.15, -0.1) is 0 Å². The highest BCUT2D eigenvalue weighted by Crippen LogP contribution is 2.39. The molecule has 2 aliphatic rings. The van der Waals surface area contributed by atoms with Crippen molar-refractivity contribution < 1.29 is 4.74 Å². The van der Waals surface area contributed by atoms with Gasteiger partial charge in [0, 0.05) is 35.5 Å². The Labute approximate surface area is 118 Å². The van der Waals surface area contributed by atoms with Gasteiger partial charge in [0.1, 0.15) is 5.82 Å². The first-order chi connectivity index (χ1) is 8.97. The fourth-order valence-corrected chi connectivity index (χ4v) is 3.66. The van der Waals surface area contributed by atoms with Crippen LogP contribution in [0.15, 0.2) is 0 Å². The van der Waals surface area contributed by atoms with Gasteiger partial charge in [-0.1, -0.05) is 20.8 Å². The number of nitrogens with two attached hydrogens (primary N) is 1. The van der Waals surface area contributed by atoms with Crippen molar-refractivity contribution in [2.75, 3.05) is 11.9 Å². The molecule has 0 bridgehead atoms. The lowest BCUT2D eigenvalue weighted by atomic mass is 9.69. The fourth-order valence-electron chi connectivity index (χ4n) is 2.86. The predicted molar refractivity (Wildman–Crippen MR) is 76.5 cm³/mol. The van der Waals surface area contributed by atoms with Crippen LogP contribution < -0.4 is 11.1 Å². The molecule has 106 valence electrons. The molecule has 2 heterocycles. The fraction of sp³-hybridized carbons (Fsp3) is 0.846. The van der Waals surface area contributed by atoms with Gasteiger partial charge in [-0.2, -0.15) is 4.37 Å². The minimum Gasteiger partial charge on any atom is -0.376 e. The minimum atomic E-state index is -0.0119. The third kappa shape index (κ3) is 2.37. The Morgan fingerprint density at radius 2 is 2.21 bits per heavy atom. The van der Waals surface area contributed by atoms with E-state index in [1.807, 2.05) is 0 Å². The van der Waals surface area contributed by atoms with E-state index in [4.69, 9.17) is 10.5 Å². The Balaban J connectivity index is 1.67. The van der Waals surface area contributed by atoms with Gasteiger partial charge >= 0.3 is 0 Å². The number of fused-ring (bicyclic) bond motifs is 1. The van der Waals surface area contributed by atoms with Crippen molar-refractivity contribution in [3.63, 3.8) is 0 Å². The Morgan fingerprint density at radius 3 is 2.89 bits per heavy atom. The first-order valence-corrected chi connectivity index (χ1v) is 7.72. The maximum atomic E-state index is 6.23. The molecule has 19 heavy (non-hydrogen) atoms. The highest BCUT2D eigenvalue weighted by Gasteiger charge is 2.50. The van der Waals surface area contributed by atoms with Crippen LogP contribution in [0.2, 0.25) is 0 Å². The molecule has 2 fully saturated rings. The second-order valence-electron chi connectivity index (χ2n) is 6.56. The summed E-state index contributed by atoms with van der Waals surface area (Å²) >= 11 is 1.41. The smallest absolute Gasteiger partial charge is 0.202 e. The number of nitrogens with one attached hydrogen (secondary N) is 1. The van der Waals surface area contributed by atoms with Gasteiger partial charge in [-0.25, -0.2) is 4.98 Å². The van der Waals surface area contributed by atoms with Crippen LogP contribution >= 0.6 is 11.5 Å². The molecule has 1 aliphatic heterocycles. The summed E-state index contributed by atoms with van der Waals surface area (Å²) in [5, 5.41) is 4.27. The van der Waals surface area contributed by atoms with Crippen LogP contribution in [0, 0.1) is 5.92 Å². The van der Waals surface area contributed by atoms with Crippen molar-refractivity contribution in [3.05, 3.63) is 5.82 Å². The third-order valence-corrected chi connectivity index (χ3v) is 4.71. The average Bonchev–Trinajstić information content (AvgIpc) is 2.84. The number of hydrogen-bond donors (Lipinski definition) is 2. The van der Waals surface area contributed by atoms with Crippen LogP contribution in [0.1, 0.15) is 39.4 Å². The summed E-state index contributed by atoms with van der Waals surface area (Å²) in [5.41, 5.74) is 6.22. The van der Waals surface area contributed by atoms with Crippen LogP contribution in [0.5, 0.6) is 0 Å². The van der Waals surface area contributed by atoms with Gasteiger partial charge in [-0.05, 0) is 12.8 Å². The monoisotopic (exact) mass is 282 g/mol. The number of anilines is 1. The van der Waals surface area contributed by atoms with Crippen molar-refractivity contribution in [3.8, 4) is 0 Å². The SMILES string of the molecule is CC(C)(C)c1nsc(NC2C(N)C3CCCOC32)n1. The van der Waals surface area contributed by atoms with Crippen molar-refractivity contribution in [1.29, 1.82) is 0 Å². The Kier molecular flexibility index (Phi) is 3.27. The van der Waals surface area contributed by atoms with Gasteiger partial charge < -0.3 is 15.8 Å². The zero-order chi connectivity index (χ0) is 13.6. The molecule has 1 saturated heterocycles. The van der Waals surface area contributed by atoms with E-state index in [0.717, 1.165) is 24.0 Å². The van der Waals surface area contributed by atoms with E-state index in [1.54, 1.807) is 0 Å². The number of hydrogen-bond acceptors (Lipinski definition) is 6. The second-order valence-corrected chi connectivity index (χ2v) is 7.31. The Hall–Kier alpha value is -0.720. The van der Waals surface area contributed by atoms with E-state index in [9.17, 15) is 0 Å². The molecule has 0 aromatic carbocycles. The topological polar surface area (TPSA) is 73.1 Å². The van der Waals surface area contributed by atoms with E-state index in [-0.39, 0.29) is 23.6 Å². The molecule has 0 spiro atoms. The summed E-state index contributed by atoms with van der Waals surface area (Å²) in [6.45, 7) is 7.21. The lowest BCUT2D eigenvalue weighted by Gasteiger charge is -2.52. The molecular weight excluding hydrogens is 260 g/mol. The van der Waals surface area contributed by atoms with E-state index >= 15 is 0 Å². The number of ether oxygens (including phenoxy) is 1. The van der Waals surface area contributed by atoms with E-state index in [1.165, 1.54) is 18.0 Å². The second kappa shape index (κ2) is 4.68. The molecule has 5 nitrogen and oxygen atoms in total. The van der Waals surface area contributed by atoms with Crippen LogP contribution in [-0.2, 0) is 10.2 Å². The molecule has 1 saturated carbocycles. The molecule has 0 amide bonds. The zero-order valence-corrected chi connectivity index (χ0v) is 12.5. The van der Waals surface area contributed by atoms with Gasteiger partial charge in [-0.3, -0.25) is 0 Å². The lowest BCUT2D eigenvalue weighted by Crippen LogP contribution is -2.69. The average molecular weight is 282 g/mol. The minimum absolute atomic E-state index is 0.0119. The first kappa shape index (κ1) is 13.3. The van der Waals surface area contributed by atoms with Gasteiger partial charge in [0.05, 0.1) is 12.1 Å². The highest BCUT2D eigenvalue weighted by molar-refractivity contribution is 7.09. The number of nitrogens with zero attached hydrogens (tertiary/aromatic N) is 2. The highest BCUT2D eigenvalue weighted by atomic mass is 32.1. The Bertz CT molecular complexity index is 456. The summed E-state index contributed by atoms with van der Waals surface area (Å²) in [5.74, 6) is 1.40. The van der Waals surface area contributed by atoms with Crippen LogP contribution in [-0.4, -0.2) is 34.2 Å². The van der Waals surface area contributed by atoms with E-state index < -0.39 is 0 Å². The van der Waals surface area contributed by atoms with Crippen LogP contribution in [0.4, 0.5) is 5.13 Å². The summed E-state index contributed by atoms with van der Waals surface area (Å²) < 4.78 is 10.2. The molecule has 1 aromatic rings. The lowest BCUT2D eigenvalue weighted by molar-refractivity contribution is -0.104. The number of rotatable bonds is 2. The zero-order valence-electron chi connectivity index (χ0n) is 11.7. The van der Waals surface area contributed by atoms with E-state index in [0.29, 0.717) is 5.92 Å². The normalized spacial score (nSPS) is 34.5. The van der Waals surface area contributed by atoms with E-state index in [2.05, 4.69) is 35.4 Å². The molecule has 1 aromatic heterocycles. The van der Waals surface area contributed by atoms with Crippen molar-refractivity contribution in [2.24, 2.45) is 11.7 Å². The predicted octanol–water partition coefficient (Wildman–Crippen LogP) is 1.75. The van der Waals surface area contributed by atoms with Crippen molar-refractivity contribution >= 4 is 16.7 Å².